The van der Waals surface area contributed by atoms with Crippen molar-refractivity contribution in [3.8, 4) is 18.1 Å². The third-order valence-electron chi connectivity index (χ3n) is 5.07. The zero-order chi connectivity index (χ0) is 21.4. The number of phenols is 1. The maximum absolute atomic E-state index is 13.0. The second-order valence-corrected chi connectivity index (χ2v) is 7.03. The first-order chi connectivity index (χ1) is 13.9. The highest BCUT2D eigenvalue weighted by atomic mass is 16.3. The second kappa shape index (κ2) is 10.5. The SMILES string of the molecule is C#CC[C@H](NC(=O)[C@H](C)NC)C(=O)N1CCC[C@H]1CNC(=O)c1ccccc1O. The van der Waals surface area contributed by atoms with Crippen molar-refractivity contribution >= 4 is 17.7 Å². The number of terminal acetylenes is 1. The summed E-state index contributed by atoms with van der Waals surface area (Å²) < 4.78 is 0. The van der Waals surface area contributed by atoms with E-state index in [1.807, 2.05) is 0 Å². The molecule has 0 unspecified atom stereocenters. The van der Waals surface area contributed by atoms with E-state index in [2.05, 4.69) is 21.9 Å². The van der Waals surface area contributed by atoms with Crippen molar-refractivity contribution in [2.24, 2.45) is 0 Å². The van der Waals surface area contributed by atoms with E-state index < -0.39 is 18.0 Å². The van der Waals surface area contributed by atoms with Crippen molar-refractivity contribution < 1.29 is 19.5 Å². The zero-order valence-electron chi connectivity index (χ0n) is 16.8. The van der Waals surface area contributed by atoms with Gasteiger partial charge in [-0.15, -0.1) is 12.3 Å². The normalized spacial score (nSPS) is 17.8. The van der Waals surface area contributed by atoms with Crippen LogP contribution in [-0.2, 0) is 9.59 Å². The van der Waals surface area contributed by atoms with E-state index >= 15 is 0 Å². The Morgan fingerprint density at radius 3 is 2.72 bits per heavy atom. The third kappa shape index (κ3) is 5.72. The highest BCUT2D eigenvalue weighted by Gasteiger charge is 2.34. The summed E-state index contributed by atoms with van der Waals surface area (Å²) >= 11 is 0. The molecule has 156 valence electrons. The fourth-order valence-corrected chi connectivity index (χ4v) is 3.26. The Morgan fingerprint density at radius 2 is 2.07 bits per heavy atom. The number of amides is 3. The molecule has 0 spiro atoms. The molecule has 0 saturated carbocycles. The van der Waals surface area contributed by atoms with Gasteiger partial charge in [-0.3, -0.25) is 14.4 Å². The summed E-state index contributed by atoms with van der Waals surface area (Å²) in [5.41, 5.74) is 0.182. The lowest BCUT2D eigenvalue weighted by Gasteiger charge is -2.29. The number of carbonyl (C=O) groups is 3. The molecule has 2 rings (SSSR count). The van der Waals surface area contributed by atoms with Crippen LogP contribution in [-0.4, -0.2) is 66.0 Å². The molecule has 0 aromatic heterocycles. The number of nitrogens with zero attached hydrogens (tertiary/aromatic N) is 1. The molecule has 29 heavy (non-hydrogen) atoms. The van der Waals surface area contributed by atoms with E-state index in [9.17, 15) is 19.5 Å². The van der Waals surface area contributed by atoms with E-state index in [1.54, 1.807) is 31.0 Å². The Kier molecular flexibility index (Phi) is 8.04. The summed E-state index contributed by atoms with van der Waals surface area (Å²) in [7, 11) is 1.66. The molecule has 0 aliphatic carbocycles. The molecular weight excluding hydrogens is 372 g/mol. The number of hydrogen-bond donors (Lipinski definition) is 4. The number of para-hydroxylation sites is 1. The molecule has 0 bridgehead atoms. The van der Waals surface area contributed by atoms with Crippen LogP contribution < -0.4 is 16.0 Å². The first-order valence-electron chi connectivity index (χ1n) is 9.66. The number of nitrogens with one attached hydrogen (secondary N) is 3. The minimum absolute atomic E-state index is 0.0917. The molecule has 1 aliphatic rings. The van der Waals surface area contributed by atoms with E-state index in [0.29, 0.717) is 6.54 Å². The monoisotopic (exact) mass is 400 g/mol. The van der Waals surface area contributed by atoms with Crippen molar-refractivity contribution in [1.29, 1.82) is 0 Å². The van der Waals surface area contributed by atoms with Crippen molar-refractivity contribution in [3.05, 3.63) is 29.8 Å². The van der Waals surface area contributed by atoms with Gasteiger partial charge in [0.1, 0.15) is 11.8 Å². The highest BCUT2D eigenvalue weighted by Crippen LogP contribution is 2.20. The van der Waals surface area contributed by atoms with Crippen LogP contribution in [0.25, 0.3) is 0 Å². The fourth-order valence-electron chi connectivity index (χ4n) is 3.26. The van der Waals surface area contributed by atoms with Gasteiger partial charge in [0.15, 0.2) is 0 Å². The first-order valence-corrected chi connectivity index (χ1v) is 9.66. The maximum Gasteiger partial charge on any atom is 0.255 e. The second-order valence-electron chi connectivity index (χ2n) is 7.03. The topological polar surface area (TPSA) is 111 Å². The molecule has 0 radical (unpaired) electrons. The predicted octanol–water partition coefficient (Wildman–Crippen LogP) is 0.229. The smallest absolute Gasteiger partial charge is 0.255 e. The average molecular weight is 400 g/mol. The third-order valence-corrected chi connectivity index (χ3v) is 5.07. The standard InChI is InChI=1S/C21H28N4O4/c1-4-8-17(24-19(27)14(2)22-3)21(29)25-12-7-9-15(25)13-23-20(28)16-10-5-6-11-18(16)26/h1,5-6,10-11,14-15,17,22,26H,7-9,12-13H2,2-3H3,(H,23,28)(H,24,27)/t14-,15-,17-/m0/s1. The summed E-state index contributed by atoms with van der Waals surface area (Å²) in [6.45, 7) is 2.48. The number of hydrogen-bond acceptors (Lipinski definition) is 5. The first kappa shape index (κ1) is 22.2. The highest BCUT2D eigenvalue weighted by molar-refractivity contribution is 5.96. The van der Waals surface area contributed by atoms with Crippen molar-refractivity contribution in [3.63, 3.8) is 0 Å². The number of likely N-dealkylation sites (tertiary alicyclic amines) is 1. The van der Waals surface area contributed by atoms with E-state index in [-0.39, 0.29) is 42.1 Å². The van der Waals surface area contributed by atoms with Crippen LogP contribution in [0.4, 0.5) is 0 Å². The minimum atomic E-state index is -0.808. The van der Waals surface area contributed by atoms with Crippen LogP contribution in [0.15, 0.2) is 24.3 Å². The number of likely N-dealkylation sites (N-methyl/N-ethyl adjacent to an activating group) is 1. The number of carbonyl (C=O) groups excluding carboxylic acids is 3. The molecule has 1 fully saturated rings. The Balaban J connectivity index is 2.01. The molecule has 1 heterocycles. The van der Waals surface area contributed by atoms with Crippen LogP contribution in [0.2, 0.25) is 0 Å². The zero-order valence-corrected chi connectivity index (χ0v) is 16.8. The van der Waals surface area contributed by atoms with Gasteiger partial charge in [0.05, 0.1) is 11.6 Å². The van der Waals surface area contributed by atoms with Gasteiger partial charge in [-0.25, -0.2) is 0 Å². The Labute approximate surface area is 171 Å². The molecule has 1 aromatic rings. The summed E-state index contributed by atoms with van der Waals surface area (Å²) in [6, 6.07) is 4.82. The van der Waals surface area contributed by atoms with E-state index in [4.69, 9.17) is 6.42 Å². The summed E-state index contributed by atoms with van der Waals surface area (Å²) in [6.07, 6.45) is 7.02. The molecule has 3 atom stereocenters. The Morgan fingerprint density at radius 1 is 1.34 bits per heavy atom. The molecule has 4 N–H and O–H groups in total. The predicted molar refractivity (Wildman–Crippen MR) is 109 cm³/mol. The molecule has 1 aliphatic heterocycles. The van der Waals surface area contributed by atoms with Crippen molar-refractivity contribution in [1.82, 2.24) is 20.9 Å². The van der Waals surface area contributed by atoms with Crippen LogP contribution in [0.1, 0.15) is 36.5 Å². The van der Waals surface area contributed by atoms with Gasteiger partial charge in [0, 0.05) is 25.6 Å². The lowest BCUT2D eigenvalue weighted by Crippen LogP contribution is -2.54. The Hall–Kier alpha value is -3.05. The average Bonchev–Trinajstić information content (AvgIpc) is 3.19. The van der Waals surface area contributed by atoms with Gasteiger partial charge in [-0.05, 0) is 38.9 Å². The maximum atomic E-state index is 13.0. The number of aromatic hydroxyl groups is 1. The largest absolute Gasteiger partial charge is 0.507 e. The lowest BCUT2D eigenvalue weighted by atomic mass is 10.1. The molecule has 3 amide bonds. The van der Waals surface area contributed by atoms with Gasteiger partial charge < -0.3 is 26.0 Å². The van der Waals surface area contributed by atoms with Gasteiger partial charge >= 0.3 is 0 Å². The Bertz CT molecular complexity index is 789. The molecular formula is C21H28N4O4. The van der Waals surface area contributed by atoms with Crippen LogP contribution in [0.3, 0.4) is 0 Å². The van der Waals surface area contributed by atoms with Gasteiger partial charge in [-0.1, -0.05) is 12.1 Å². The molecule has 8 heteroatoms. The molecule has 1 aromatic carbocycles. The summed E-state index contributed by atoms with van der Waals surface area (Å²) in [5.74, 6) is 1.39. The summed E-state index contributed by atoms with van der Waals surface area (Å²) in [4.78, 5) is 39.2. The number of benzene rings is 1. The minimum Gasteiger partial charge on any atom is -0.507 e. The molecule has 8 nitrogen and oxygen atoms in total. The van der Waals surface area contributed by atoms with E-state index in [1.165, 1.54) is 12.1 Å². The lowest BCUT2D eigenvalue weighted by molar-refractivity contribution is -0.137. The fraction of sp³-hybridized carbons (Fsp3) is 0.476. The van der Waals surface area contributed by atoms with Gasteiger partial charge in [-0.2, -0.15) is 0 Å². The van der Waals surface area contributed by atoms with Crippen LogP contribution >= 0.6 is 0 Å². The van der Waals surface area contributed by atoms with Crippen LogP contribution in [0.5, 0.6) is 5.75 Å². The van der Waals surface area contributed by atoms with Crippen molar-refractivity contribution in [2.45, 2.75) is 44.3 Å². The molecule has 1 saturated heterocycles. The van der Waals surface area contributed by atoms with Crippen LogP contribution in [0, 0.1) is 12.3 Å². The summed E-state index contributed by atoms with van der Waals surface area (Å²) in [5, 5.41) is 18.1. The van der Waals surface area contributed by atoms with Gasteiger partial charge in [0.25, 0.3) is 5.91 Å². The quantitative estimate of drug-likeness (QED) is 0.467. The number of phenolic OH excluding ortho intramolecular Hbond substituents is 1. The van der Waals surface area contributed by atoms with Gasteiger partial charge in [0.2, 0.25) is 11.8 Å². The van der Waals surface area contributed by atoms with E-state index in [0.717, 1.165) is 12.8 Å². The van der Waals surface area contributed by atoms with Crippen molar-refractivity contribution in [2.75, 3.05) is 20.1 Å². The number of rotatable bonds is 8.